The van der Waals surface area contributed by atoms with E-state index in [0.29, 0.717) is 40.6 Å². The van der Waals surface area contributed by atoms with Crippen molar-refractivity contribution in [1.82, 2.24) is 30.3 Å². The van der Waals surface area contributed by atoms with Crippen LogP contribution in [-0.4, -0.2) is 98.9 Å². The number of allylic oxidation sites excluding steroid dienone is 4. The van der Waals surface area contributed by atoms with Crippen LogP contribution in [0.4, 0.5) is 0 Å². The Morgan fingerprint density at radius 3 is 2.49 bits per heavy atom. The quantitative estimate of drug-likeness (QED) is 0.0772. The van der Waals surface area contributed by atoms with Crippen LogP contribution in [0.5, 0.6) is 5.75 Å². The van der Waals surface area contributed by atoms with Gasteiger partial charge in [0.1, 0.15) is 37.7 Å². The lowest BCUT2D eigenvalue weighted by Crippen LogP contribution is -2.57. The Bertz CT molecular complexity index is 2670. The summed E-state index contributed by atoms with van der Waals surface area (Å²) in [4.78, 5) is 60.3. The number of ketones is 1. The predicted molar refractivity (Wildman–Crippen MR) is 256 cm³/mol. The fourth-order valence-electron chi connectivity index (χ4n) is 7.72. The summed E-state index contributed by atoms with van der Waals surface area (Å²) in [7, 11) is 0. The summed E-state index contributed by atoms with van der Waals surface area (Å²) >= 11 is 7.82. The Morgan fingerprint density at radius 2 is 1.82 bits per heavy atom. The molecule has 3 amide bonds. The summed E-state index contributed by atoms with van der Waals surface area (Å²) in [6.07, 6.45) is 9.10. The molecule has 3 N–H and O–H groups in total. The van der Waals surface area contributed by atoms with E-state index in [-0.39, 0.29) is 62.9 Å². The van der Waals surface area contributed by atoms with Gasteiger partial charge < -0.3 is 30.1 Å². The van der Waals surface area contributed by atoms with Crippen LogP contribution in [0, 0.1) is 47.4 Å². The second-order valence-corrected chi connectivity index (χ2v) is 18.8. The molecule has 0 radical (unpaired) electrons. The van der Waals surface area contributed by atoms with Crippen LogP contribution < -0.4 is 15.4 Å². The molecule has 2 aromatic carbocycles. The van der Waals surface area contributed by atoms with Gasteiger partial charge in [-0.05, 0) is 92.3 Å². The van der Waals surface area contributed by atoms with E-state index >= 15 is 0 Å². The second kappa shape index (κ2) is 23.3. The molecule has 2 aliphatic rings. The largest absolute Gasteiger partial charge is 0.481 e. The van der Waals surface area contributed by atoms with E-state index in [1.807, 2.05) is 58.5 Å². The van der Waals surface area contributed by atoms with Crippen molar-refractivity contribution in [2.45, 2.75) is 97.0 Å². The van der Waals surface area contributed by atoms with Gasteiger partial charge in [-0.25, -0.2) is 4.98 Å². The molecule has 1 saturated heterocycles. The number of likely N-dealkylation sites (tertiary alicyclic amines) is 1. The number of nitrogens with zero attached hydrogens (tertiary/aromatic N) is 5. The van der Waals surface area contributed by atoms with E-state index in [4.69, 9.17) is 26.3 Å². The van der Waals surface area contributed by atoms with Gasteiger partial charge >= 0.3 is 0 Å². The number of rotatable bonds is 17. The Labute approximate surface area is 400 Å². The number of hydrogen-bond acceptors (Lipinski definition) is 11. The summed E-state index contributed by atoms with van der Waals surface area (Å²) in [6, 6.07) is 13.7. The minimum absolute atomic E-state index is 0.0106. The molecule has 5 atom stereocenters. The fourth-order valence-corrected chi connectivity index (χ4v) is 8.84. The lowest BCUT2D eigenvalue weighted by atomic mass is 9.85. The summed E-state index contributed by atoms with van der Waals surface area (Å²) in [5, 5.41) is 30.4. The lowest BCUT2D eigenvalue weighted by molar-refractivity contribution is -0.144. The number of carbonyl (C=O) groups excluding carboxylic acids is 4. The van der Waals surface area contributed by atoms with Gasteiger partial charge in [0.15, 0.2) is 5.78 Å². The molecule has 3 heterocycles. The Kier molecular flexibility index (Phi) is 17.3. The Balaban J connectivity index is 0.884. The number of hydrogen-bond donors (Lipinski definition) is 3. The van der Waals surface area contributed by atoms with E-state index in [0.717, 1.165) is 23.3 Å². The van der Waals surface area contributed by atoms with E-state index < -0.39 is 35.4 Å². The van der Waals surface area contributed by atoms with Gasteiger partial charge in [0.2, 0.25) is 11.8 Å². The van der Waals surface area contributed by atoms with Crippen LogP contribution in [0.25, 0.3) is 11.3 Å². The Morgan fingerprint density at radius 1 is 1.06 bits per heavy atom. The number of β-amino-alcohol motifs (C(OH)–C–C–N with tert-alkyl or cyclic N) is 1. The number of carbonyl (C=O) groups is 4. The number of aliphatic hydroxyl groups is 1. The van der Waals surface area contributed by atoms with Crippen LogP contribution in [0.15, 0.2) is 84.0 Å². The summed E-state index contributed by atoms with van der Waals surface area (Å²) in [5.41, 5.74) is 5.60. The maximum absolute atomic E-state index is 13.9. The van der Waals surface area contributed by atoms with Crippen molar-refractivity contribution < 1.29 is 33.8 Å². The zero-order valence-electron chi connectivity index (χ0n) is 38.2. The average Bonchev–Trinajstić information content (AvgIpc) is 4.06. The van der Waals surface area contributed by atoms with E-state index in [1.165, 1.54) is 9.78 Å². The first-order chi connectivity index (χ1) is 32.1. The third-order valence-electron chi connectivity index (χ3n) is 11.2. The lowest BCUT2D eigenvalue weighted by Gasteiger charge is -2.35. The number of aryl methyl sites for hydroxylation is 1. The molecule has 2 aromatic heterocycles. The van der Waals surface area contributed by atoms with E-state index in [1.54, 1.807) is 58.5 Å². The number of nitriles is 1. The zero-order valence-corrected chi connectivity index (χ0v) is 39.7. The van der Waals surface area contributed by atoms with Crippen LogP contribution in [0.1, 0.15) is 85.8 Å². The highest BCUT2D eigenvalue weighted by Crippen LogP contribution is 2.33. The summed E-state index contributed by atoms with van der Waals surface area (Å²) < 4.78 is 12.8. The van der Waals surface area contributed by atoms with Crippen LogP contribution in [-0.2, 0) is 25.7 Å². The molecule has 1 fully saturated rings. The summed E-state index contributed by atoms with van der Waals surface area (Å²) in [5.74, 6) is 10.3. The number of halogens is 1. The molecule has 348 valence electrons. The normalized spacial score (nSPS) is 17.4. The highest BCUT2D eigenvalue weighted by Gasteiger charge is 2.44. The molecule has 1 aliphatic heterocycles. The number of ether oxygens (including phenoxy) is 2. The third kappa shape index (κ3) is 14.0. The van der Waals surface area contributed by atoms with Crippen molar-refractivity contribution in [2.24, 2.45) is 5.41 Å². The number of nitrogens with one attached hydrogen (secondary N) is 2. The molecular weight excluding hydrogens is 890 g/mol. The first kappa shape index (κ1) is 49.9. The fraction of sp³-hybridized carbons (Fsp3) is 0.392. The van der Waals surface area contributed by atoms with E-state index in [9.17, 15) is 24.3 Å². The van der Waals surface area contributed by atoms with Crippen LogP contribution in [0.3, 0.4) is 0 Å². The van der Waals surface area contributed by atoms with Gasteiger partial charge in [-0.3, -0.25) is 23.9 Å². The SMILES string of the molecule is Cc1ncsc1C1C=CC(CCC(=O)[C@@H]2C[C@@H](O)CN2C(=O)[C@@H](NC(=O)COCC#CC#CCOc2ccc(C(=O)N[C@@H](C)Cn3ccc(-c4ccc(C#N)c(Cl)c4)n3)cc2)C(C)(C)C)=CC1. The van der Waals surface area contributed by atoms with Crippen molar-refractivity contribution >= 4 is 46.4 Å². The summed E-state index contributed by atoms with van der Waals surface area (Å²) in [6.45, 7) is 9.43. The maximum Gasteiger partial charge on any atom is 0.251 e. The first-order valence-corrected chi connectivity index (χ1v) is 23.2. The van der Waals surface area contributed by atoms with Crippen molar-refractivity contribution in [3.63, 3.8) is 0 Å². The molecule has 1 unspecified atom stereocenters. The minimum Gasteiger partial charge on any atom is -0.481 e. The number of benzene rings is 2. The van der Waals surface area contributed by atoms with Gasteiger partial charge in [-0.1, -0.05) is 68.2 Å². The number of aliphatic hydroxyl groups excluding tert-OH is 1. The monoisotopic (exact) mass is 943 g/mol. The molecule has 16 heteroatoms. The molecular formula is C51H54ClN7O7S. The van der Waals surface area contributed by atoms with Gasteiger partial charge in [0, 0.05) is 53.5 Å². The highest BCUT2D eigenvalue weighted by atomic mass is 35.5. The maximum atomic E-state index is 13.9. The molecule has 4 aromatic rings. The van der Waals surface area contributed by atoms with Crippen LogP contribution >= 0.6 is 22.9 Å². The van der Waals surface area contributed by atoms with Crippen molar-refractivity contribution in [3.05, 3.63) is 111 Å². The molecule has 0 saturated carbocycles. The third-order valence-corrected chi connectivity index (χ3v) is 12.6. The molecule has 14 nitrogen and oxygen atoms in total. The van der Waals surface area contributed by atoms with Crippen molar-refractivity contribution in [1.29, 1.82) is 5.26 Å². The zero-order chi connectivity index (χ0) is 48.1. The smallest absolute Gasteiger partial charge is 0.251 e. The number of thiazole rings is 1. The van der Waals surface area contributed by atoms with Gasteiger partial charge in [0.05, 0.1) is 46.2 Å². The van der Waals surface area contributed by atoms with Crippen LogP contribution in [0.2, 0.25) is 5.02 Å². The number of aromatic nitrogens is 3. The Hall–Kier alpha value is -6.54. The molecule has 1 aliphatic carbocycles. The van der Waals surface area contributed by atoms with Gasteiger partial charge in [0.25, 0.3) is 5.91 Å². The van der Waals surface area contributed by atoms with Crippen molar-refractivity contribution in [3.8, 4) is 46.8 Å². The molecule has 0 bridgehead atoms. The molecule has 67 heavy (non-hydrogen) atoms. The minimum atomic E-state index is -0.966. The molecule has 0 spiro atoms. The molecule has 6 rings (SSSR count). The number of amides is 3. The topological polar surface area (TPSA) is 189 Å². The standard InChI is InChI=1S/C51H54ClN7O7S/c1-33(29-58-23-22-43(57-58)38-15-16-39(28-53)42(52)26-38)55-49(63)37-17-19-41(20-18-37)66-25-9-7-6-8-24-65-31-46(62)56-48(51(3,4)5)50(64)59-30-40(60)27-44(59)45(61)21-12-35-10-13-36(14-11-35)47-34(2)54-32-67-47/h10-11,13,15-20,22-23,26,32-33,36,40,44,48,60H,12,14,21,24-25,27,29-31H2,1-5H3,(H,55,63)(H,56,62)/t33-,36?,40+,44-,48+/m0/s1. The first-order valence-electron chi connectivity index (χ1n) is 22.0. The number of Topliss-reactive ketones (excluding diaryl/α,β-unsaturated/α-hetero) is 1. The van der Waals surface area contributed by atoms with Gasteiger partial charge in [-0.2, -0.15) is 10.4 Å². The van der Waals surface area contributed by atoms with E-state index in [2.05, 4.69) is 62.6 Å². The highest BCUT2D eigenvalue weighted by molar-refractivity contribution is 7.09. The average molecular weight is 945 g/mol. The van der Waals surface area contributed by atoms with Gasteiger partial charge in [-0.15, -0.1) is 11.3 Å². The van der Waals surface area contributed by atoms with Crippen molar-refractivity contribution in [2.75, 3.05) is 26.4 Å². The predicted octanol–water partition coefficient (Wildman–Crippen LogP) is 6.57. The second-order valence-electron chi connectivity index (χ2n) is 17.5.